The molecule has 0 aliphatic heterocycles. The lowest BCUT2D eigenvalue weighted by Crippen LogP contribution is -2.51. The van der Waals surface area contributed by atoms with Gasteiger partial charge in [0.05, 0.1) is 5.41 Å². The number of carbonyl (C=O) groups excluding carboxylic acids is 1. The minimum atomic E-state index is -0.882. The fraction of sp³-hybridized carbons (Fsp3) is 0.750. The largest absolute Gasteiger partial charge is 0.481 e. The van der Waals surface area contributed by atoms with Crippen molar-refractivity contribution in [3.63, 3.8) is 0 Å². The summed E-state index contributed by atoms with van der Waals surface area (Å²) in [5, 5.41) is 16.5. The number of amides is 1. The van der Waals surface area contributed by atoms with Crippen molar-refractivity contribution in [1.82, 2.24) is 15.5 Å². The van der Waals surface area contributed by atoms with E-state index in [-0.39, 0.29) is 12.3 Å². The predicted molar refractivity (Wildman–Crippen MR) is 80.5 cm³/mol. The van der Waals surface area contributed by atoms with E-state index in [1.54, 1.807) is 6.92 Å². The van der Waals surface area contributed by atoms with Gasteiger partial charge in [0, 0.05) is 13.3 Å². The number of nitrogens with zero attached hydrogens (tertiary/aromatic N) is 2. The fourth-order valence-corrected chi connectivity index (χ4v) is 3.74. The number of hydrogen-bond donors (Lipinski definition) is 2. The molecule has 0 atom stereocenters. The summed E-state index contributed by atoms with van der Waals surface area (Å²) in [4.78, 5) is 28.3. The van der Waals surface area contributed by atoms with Crippen molar-refractivity contribution >= 4 is 11.9 Å². The molecule has 0 bridgehead atoms. The number of carboxylic acids is 1. The van der Waals surface area contributed by atoms with Crippen LogP contribution in [0.5, 0.6) is 0 Å². The topological polar surface area (TPSA) is 105 Å². The van der Waals surface area contributed by atoms with Crippen molar-refractivity contribution in [2.45, 2.75) is 70.3 Å². The van der Waals surface area contributed by atoms with Crippen molar-refractivity contribution in [2.24, 2.45) is 5.41 Å². The molecular formula is C16H23N3O4. The normalized spacial score (nSPS) is 22.1. The van der Waals surface area contributed by atoms with Crippen LogP contribution >= 0.6 is 0 Å². The summed E-state index contributed by atoms with van der Waals surface area (Å²) >= 11 is 0. The minimum Gasteiger partial charge on any atom is -0.481 e. The first-order chi connectivity index (χ1) is 11.0. The maximum atomic E-state index is 12.5. The number of carbonyl (C=O) groups is 2. The standard InChI is InChI=1S/C16H23N3O4/c1-11-17-13(19-23-11)16(8-3-2-4-9-16)18-12(20)10-15(14(21)22)6-5-7-15/h2-10H2,1H3,(H,18,20)(H,21,22). The SMILES string of the molecule is Cc1nc(C2(NC(=O)CC3(C(=O)O)CCC3)CCCCC2)no1. The van der Waals surface area contributed by atoms with Crippen LogP contribution in [0.1, 0.15) is 69.5 Å². The Balaban J connectivity index is 1.76. The average Bonchev–Trinajstić information content (AvgIpc) is 2.91. The molecule has 0 spiro atoms. The van der Waals surface area contributed by atoms with Crippen molar-refractivity contribution in [1.29, 1.82) is 0 Å². The van der Waals surface area contributed by atoms with Gasteiger partial charge in [-0.25, -0.2) is 0 Å². The van der Waals surface area contributed by atoms with Crippen LogP contribution in [-0.2, 0) is 15.1 Å². The zero-order valence-corrected chi connectivity index (χ0v) is 13.4. The predicted octanol–water partition coefficient (Wildman–Crippen LogP) is 2.30. The van der Waals surface area contributed by atoms with Gasteiger partial charge in [-0.15, -0.1) is 0 Å². The third-order valence-electron chi connectivity index (χ3n) is 5.30. The number of rotatable bonds is 5. The summed E-state index contributed by atoms with van der Waals surface area (Å²) in [6, 6.07) is 0. The first kappa shape index (κ1) is 16.0. The van der Waals surface area contributed by atoms with E-state index in [1.165, 1.54) is 0 Å². The summed E-state index contributed by atoms with van der Waals surface area (Å²) < 4.78 is 5.09. The van der Waals surface area contributed by atoms with Crippen LogP contribution in [0, 0.1) is 12.3 Å². The highest BCUT2D eigenvalue weighted by Crippen LogP contribution is 2.45. The van der Waals surface area contributed by atoms with Gasteiger partial charge in [-0.3, -0.25) is 9.59 Å². The summed E-state index contributed by atoms with van der Waals surface area (Å²) in [6.07, 6.45) is 6.66. The highest BCUT2D eigenvalue weighted by Gasteiger charge is 2.47. The maximum absolute atomic E-state index is 12.5. The van der Waals surface area contributed by atoms with Crippen LogP contribution < -0.4 is 5.32 Å². The van der Waals surface area contributed by atoms with Gasteiger partial charge in [0.15, 0.2) is 5.82 Å². The number of nitrogens with one attached hydrogen (secondary N) is 1. The van der Waals surface area contributed by atoms with Crippen molar-refractivity contribution in [2.75, 3.05) is 0 Å². The summed E-state index contributed by atoms with van der Waals surface area (Å²) in [6.45, 7) is 1.72. The fourth-order valence-electron chi connectivity index (χ4n) is 3.74. The quantitative estimate of drug-likeness (QED) is 0.862. The Morgan fingerprint density at radius 3 is 2.35 bits per heavy atom. The van der Waals surface area contributed by atoms with Gasteiger partial charge < -0.3 is 14.9 Å². The smallest absolute Gasteiger partial charge is 0.310 e. The van der Waals surface area contributed by atoms with Gasteiger partial charge in [0.25, 0.3) is 0 Å². The second kappa shape index (κ2) is 5.94. The molecule has 2 N–H and O–H groups in total. The molecule has 23 heavy (non-hydrogen) atoms. The highest BCUT2D eigenvalue weighted by atomic mass is 16.5. The lowest BCUT2D eigenvalue weighted by molar-refractivity contribution is -0.158. The van der Waals surface area contributed by atoms with Gasteiger partial charge in [0.2, 0.25) is 11.8 Å². The number of hydrogen-bond acceptors (Lipinski definition) is 5. The zero-order chi connectivity index (χ0) is 16.5. The van der Waals surface area contributed by atoms with Crippen LogP contribution in [0.25, 0.3) is 0 Å². The van der Waals surface area contributed by atoms with Crippen LogP contribution in [0.3, 0.4) is 0 Å². The van der Waals surface area contributed by atoms with Crippen LogP contribution in [0.2, 0.25) is 0 Å². The number of aromatic nitrogens is 2. The lowest BCUT2D eigenvalue weighted by Gasteiger charge is -2.39. The zero-order valence-electron chi connectivity index (χ0n) is 13.4. The van der Waals surface area contributed by atoms with E-state index in [9.17, 15) is 14.7 Å². The molecule has 3 rings (SSSR count). The molecule has 0 radical (unpaired) electrons. The molecule has 2 saturated carbocycles. The van der Waals surface area contributed by atoms with Crippen LogP contribution in [0.15, 0.2) is 4.52 Å². The Morgan fingerprint density at radius 1 is 1.17 bits per heavy atom. The van der Waals surface area contributed by atoms with E-state index in [0.29, 0.717) is 24.6 Å². The second-order valence-electron chi connectivity index (χ2n) is 6.94. The van der Waals surface area contributed by atoms with Gasteiger partial charge in [-0.1, -0.05) is 30.8 Å². The number of carboxylic acid groups (broad SMARTS) is 1. The third-order valence-corrected chi connectivity index (χ3v) is 5.30. The second-order valence-corrected chi connectivity index (χ2v) is 6.94. The minimum absolute atomic E-state index is 0.0287. The van der Waals surface area contributed by atoms with Crippen molar-refractivity contribution < 1.29 is 19.2 Å². The highest BCUT2D eigenvalue weighted by molar-refractivity contribution is 5.86. The molecule has 2 fully saturated rings. The lowest BCUT2D eigenvalue weighted by atomic mass is 9.66. The Kier molecular flexibility index (Phi) is 4.12. The molecule has 2 aliphatic carbocycles. The summed E-state index contributed by atoms with van der Waals surface area (Å²) in [7, 11) is 0. The van der Waals surface area contributed by atoms with Gasteiger partial charge in [-0.2, -0.15) is 4.98 Å². The number of aliphatic carboxylic acids is 1. The van der Waals surface area contributed by atoms with E-state index in [1.807, 2.05) is 0 Å². The third kappa shape index (κ3) is 2.96. The first-order valence-corrected chi connectivity index (χ1v) is 8.31. The molecular weight excluding hydrogens is 298 g/mol. The molecule has 1 heterocycles. The molecule has 0 unspecified atom stereocenters. The Morgan fingerprint density at radius 2 is 1.87 bits per heavy atom. The van der Waals surface area contributed by atoms with E-state index in [2.05, 4.69) is 15.5 Å². The maximum Gasteiger partial charge on any atom is 0.310 e. The summed E-state index contributed by atoms with van der Waals surface area (Å²) in [5.41, 5.74) is -1.50. The molecule has 7 heteroatoms. The van der Waals surface area contributed by atoms with E-state index < -0.39 is 16.9 Å². The molecule has 126 valence electrons. The summed E-state index contributed by atoms with van der Waals surface area (Å²) in [5.74, 6) is -0.107. The molecule has 2 aliphatic rings. The monoisotopic (exact) mass is 321 g/mol. The van der Waals surface area contributed by atoms with Gasteiger partial charge >= 0.3 is 5.97 Å². The molecule has 1 aromatic heterocycles. The van der Waals surface area contributed by atoms with Gasteiger partial charge in [-0.05, 0) is 25.7 Å². The molecule has 0 saturated heterocycles. The van der Waals surface area contributed by atoms with E-state index in [0.717, 1.165) is 38.5 Å². The Bertz CT molecular complexity index is 600. The Hall–Kier alpha value is -1.92. The molecule has 7 nitrogen and oxygen atoms in total. The van der Waals surface area contributed by atoms with Gasteiger partial charge in [0.1, 0.15) is 5.54 Å². The van der Waals surface area contributed by atoms with Crippen LogP contribution in [-0.4, -0.2) is 27.1 Å². The van der Waals surface area contributed by atoms with E-state index >= 15 is 0 Å². The van der Waals surface area contributed by atoms with Crippen molar-refractivity contribution in [3.8, 4) is 0 Å². The Labute approximate surface area is 134 Å². The molecule has 1 aromatic rings. The first-order valence-electron chi connectivity index (χ1n) is 8.31. The molecule has 1 amide bonds. The number of aryl methyl sites for hydroxylation is 1. The van der Waals surface area contributed by atoms with Crippen molar-refractivity contribution in [3.05, 3.63) is 11.7 Å². The van der Waals surface area contributed by atoms with Crippen LogP contribution in [0.4, 0.5) is 0 Å². The van der Waals surface area contributed by atoms with E-state index in [4.69, 9.17) is 4.52 Å². The average molecular weight is 321 g/mol. The molecule has 0 aromatic carbocycles.